The van der Waals surface area contributed by atoms with Gasteiger partial charge in [0.05, 0.1) is 12.2 Å². The second-order valence-electron chi connectivity index (χ2n) is 5.40. The summed E-state index contributed by atoms with van der Waals surface area (Å²) in [7, 11) is -1.79. The Hall–Kier alpha value is -1.74. The van der Waals surface area contributed by atoms with Crippen molar-refractivity contribution < 1.29 is 13.2 Å². The minimum absolute atomic E-state index is 0.175. The van der Waals surface area contributed by atoms with E-state index in [4.69, 9.17) is 0 Å². The predicted molar refractivity (Wildman–Crippen MR) is 83.0 cm³/mol. The van der Waals surface area contributed by atoms with Crippen molar-refractivity contribution in [2.45, 2.75) is 6.92 Å². The van der Waals surface area contributed by atoms with Crippen molar-refractivity contribution in [1.29, 1.82) is 0 Å². The predicted octanol–water partition coefficient (Wildman–Crippen LogP) is -0.771. The van der Waals surface area contributed by atoms with Gasteiger partial charge in [0.1, 0.15) is 12.1 Å². The molecule has 1 aliphatic heterocycles. The lowest BCUT2D eigenvalue weighted by molar-refractivity contribution is -0.124. The first kappa shape index (κ1) is 16.6. The summed E-state index contributed by atoms with van der Waals surface area (Å²) in [4.78, 5) is 22.3. The third-order valence-corrected chi connectivity index (χ3v) is 4.95. The van der Waals surface area contributed by atoms with Crippen LogP contribution in [0, 0.1) is 12.8 Å². The summed E-state index contributed by atoms with van der Waals surface area (Å²) in [6.45, 7) is 3.27. The average Bonchev–Trinajstić information content (AvgIpc) is 2.69. The summed E-state index contributed by atoms with van der Waals surface area (Å²) in [5.41, 5.74) is 0.825. The zero-order valence-electron chi connectivity index (χ0n) is 13.0. The maximum atomic E-state index is 12.0. The van der Waals surface area contributed by atoms with Crippen LogP contribution in [-0.4, -0.2) is 68.1 Å². The van der Waals surface area contributed by atoms with E-state index < -0.39 is 15.9 Å². The maximum absolute atomic E-state index is 12.0. The molecular formula is C13H21N5O3S. The lowest BCUT2D eigenvalue weighted by Crippen LogP contribution is -2.41. The van der Waals surface area contributed by atoms with Crippen molar-refractivity contribution in [3.63, 3.8) is 0 Å². The SMILES string of the molecule is CNC(=O)C1CN(c2cc(C)ncn2)CCN(S(C)(=O)=O)C1. The van der Waals surface area contributed by atoms with E-state index in [1.165, 1.54) is 16.9 Å². The first-order chi connectivity index (χ1) is 10.3. The smallest absolute Gasteiger partial charge is 0.225 e. The molecular weight excluding hydrogens is 306 g/mol. The van der Waals surface area contributed by atoms with Crippen LogP contribution >= 0.6 is 0 Å². The van der Waals surface area contributed by atoms with Crippen molar-refractivity contribution >= 4 is 21.7 Å². The summed E-state index contributed by atoms with van der Waals surface area (Å²) < 4.78 is 25.0. The molecule has 1 unspecified atom stereocenters. The second kappa shape index (κ2) is 6.57. The molecule has 1 aliphatic rings. The number of hydrogen-bond donors (Lipinski definition) is 1. The molecule has 9 heteroatoms. The molecule has 1 N–H and O–H groups in total. The number of hydrogen-bond acceptors (Lipinski definition) is 6. The third-order valence-electron chi connectivity index (χ3n) is 3.68. The Labute approximate surface area is 130 Å². The largest absolute Gasteiger partial charge is 0.359 e. The Balaban J connectivity index is 2.29. The van der Waals surface area contributed by atoms with E-state index in [9.17, 15) is 13.2 Å². The van der Waals surface area contributed by atoms with Gasteiger partial charge in [-0.05, 0) is 6.92 Å². The first-order valence-corrected chi connectivity index (χ1v) is 8.86. The molecule has 0 spiro atoms. The Kier molecular flexibility index (Phi) is 4.97. The molecule has 1 amide bonds. The number of anilines is 1. The standard InChI is InChI=1S/C13H21N5O3S/c1-10-6-12(16-9-15-10)17-4-5-18(22(3,20)21)8-11(7-17)13(19)14-2/h6,9,11H,4-5,7-8H2,1-3H3,(H,14,19). The van der Waals surface area contributed by atoms with Crippen LogP contribution in [0.25, 0.3) is 0 Å². The van der Waals surface area contributed by atoms with Gasteiger partial charge in [0, 0.05) is 45.0 Å². The minimum Gasteiger partial charge on any atom is -0.359 e. The van der Waals surface area contributed by atoms with Crippen LogP contribution < -0.4 is 10.2 Å². The van der Waals surface area contributed by atoms with E-state index in [-0.39, 0.29) is 12.5 Å². The molecule has 0 saturated carbocycles. The van der Waals surface area contributed by atoms with Crippen molar-refractivity contribution in [3.8, 4) is 0 Å². The maximum Gasteiger partial charge on any atom is 0.225 e. The van der Waals surface area contributed by atoms with Crippen LogP contribution in [0.5, 0.6) is 0 Å². The molecule has 0 bridgehead atoms. The fourth-order valence-electron chi connectivity index (χ4n) is 2.48. The summed E-state index contributed by atoms with van der Waals surface area (Å²) in [5.74, 6) is 0.0839. The Morgan fingerprint density at radius 2 is 2.05 bits per heavy atom. The average molecular weight is 327 g/mol. The molecule has 0 radical (unpaired) electrons. The number of carbonyl (C=O) groups excluding carboxylic acids is 1. The molecule has 22 heavy (non-hydrogen) atoms. The van der Waals surface area contributed by atoms with Gasteiger partial charge in [-0.2, -0.15) is 4.31 Å². The first-order valence-electron chi connectivity index (χ1n) is 7.01. The van der Waals surface area contributed by atoms with E-state index in [0.29, 0.717) is 25.5 Å². The number of nitrogens with zero attached hydrogens (tertiary/aromatic N) is 4. The van der Waals surface area contributed by atoms with Crippen LogP contribution in [0.3, 0.4) is 0 Å². The number of nitrogens with one attached hydrogen (secondary N) is 1. The topological polar surface area (TPSA) is 95.5 Å². The van der Waals surface area contributed by atoms with Gasteiger partial charge < -0.3 is 10.2 Å². The summed E-state index contributed by atoms with van der Waals surface area (Å²) in [6.07, 6.45) is 2.64. The Morgan fingerprint density at radius 1 is 1.32 bits per heavy atom. The second-order valence-corrected chi connectivity index (χ2v) is 7.38. The van der Waals surface area contributed by atoms with Crippen LogP contribution in [-0.2, 0) is 14.8 Å². The quantitative estimate of drug-likeness (QED) is 0.783. The highest BCUT2D eigenvalue weighted by atomic mass is 32.2. The summed E-state index contributed by atoms with van der Waals surface area (Å²) >= 11 is 0. The number of amides is 1. The number of carbonyl (C=O) groups is 1. The Bertz CT molecular complexity index is 649. The van der Waals surface area contributed by atoms with Crippen molar-refractivity contribution in [2.24, 2.45) is 5.92 Å². The Morgan fingerprint density at radius 3 is 2.64 bits per heavy atom. The molecule has 2 heterocycles. The molecule has 0 aliphatic carbocycles. The minimum atomic E-state index is -3.34. The zero-order chi connectivity index (χ0) is 16.3. The van der Waals surface area contributed by atoms with Gasteiger partial charge in [-0.25, -0.2) is 18.4 Å². The van der Waals surface area contributed by atoms with Crippen molar-refractivity contribution in [3.05, 3.63) is 18.1 Å². The van der Waals surface area contributed by atoms with Crippen molar-refractivity contribution in [2.75, 3.05) is 44.4 Å². The fourth-order valence-corrected chi connectivity index (χ4v) is 3.34. The summed E-state index contributed by atoms with van der Waals surface area (Å²) in [6, 6.07) is 1.83. The molecule has 1 aromatic heterocycles. The number of aryl methyl sites for hydroxylation is 1. The van der Waals surface area contributed by atoms with Gasteiger partial charge in [-0.15, -0.1) is 0 Å². The van der Waals surface area contributed by atoms with E-state index in [2.05, 4.69) is 15.3 Å². The molecule has 0 aromatic carbocycles. The van der Waals surface area contributed by atoms with E-state index in [0.717, 1.165) is 5.69 Å². The van der Waals surface area contributed by atoms with Gasteiger partial charge in [0.2, 0.25) is 15.9 Å². The van der Waals surface area contributed by atoms with Crippen molar-refractivity contribution in [1.82, 2.24) is 19.6 Å². The highest BCUT2D eigenvalue weighted by Gasteiger charge is 2.31. The number of aromatic nitrogens is 2. The zero-order valence-corrected chi connectivity index (χ0v) is 13.8. The summed E-state index contributed by atoms with van der Waals surface area (Å²) in [5, 5.41) is 2.60. The van der Waals surface area contributed by atoms with Crippen LogP contribution in [0.2, 0.25) is 0 Å². The lowest BCUT2D eigenvalue weighted by atomic mass is 10.1. The third kappa shape index (κ3) is 3.92. The number of rotatable bonds is 3. The molecule has 2 rings (SSSR count). The van der Waals surface area contributed by atoms with Crippen LogP contribution in [0.4, 0.5) is 5.82 Å². The molecule has 1 fully saturated rings. The highest BCUT2D eigenvalue weighted by Crippen LogP contribution is 2.18. The van der Waals surface area contributed by atoms with Gasteiger partial charge >= 0.3 is 0 Å². The van der Waals surface area contributed by atoms with Gasteiger partial charge in [-0.1, -0.05) is 0 Å². The normalized spacial score (nSPS) is 20.5. The van der Waals surface area contributed by atoms with Crippen LogP contribution in [0.1, 0.15) is 5.69 Å². The van der Waals surface area contributed by atoms with Gasteiger partial charge in [0.25, 0.3) is 0 Å². The lowest BCUT2D eigenvalue weighted by Gasteiger charge is -2.24. The number of sulfonamides is 1. The highest BCUT2D eigenvalue weighted by molar-refractivity contribution is 7.88. The monoisotopic (exact) mass is 327 g/mol. The molecule has 1 saturated heterocycles. The molecule has 1 aromatic rings. The van der Waals surface area contributed by atoms with E-state index >= 15 is 0 Å². The molecule has 8 nitrogen and oxygen atoms in total. The van der Waals surface area contributed by atoms with Gasteiger partial charge in [0.15, 0.2) is 0 Å². The fraction of sp³-hybridized carbons (Fsp3) is 0.615. The molecule has 1 atom stereocenters. The van der Waals surface area contributed by atoms with Gasteiger partial charge in [-0.3, -0.25) is 4.79 Å². The molecule has 122 valence electrons. The van der Waals surface area contributed by atoms with E-state index in [1.807, 2.05) is 17.9 Å². The van der Waals surface area contributed by atoms with E-state index in [1.54, 1.807) is 7.05 Å². The van der Waals surface area contributed by atoms with Crippen LogP contribution in [0.15, 0.2) is 12.4 Å².